The van der Waals surface area contributed by atoms with E-state index >= 15 is 0 Å². The third-order valence-electron chi connectivity index (χ3n) is 7.30. The first-order valence-electron chi connectivity index (χ1n) is 12.7. The Morgan fingerprint density at radius 2 is 1.13 bits per heavy atom. The van der Waals surface area contributed by atoms with Crippen LogP contribution in [0.4, 0.5) is 0 Å². The maximum absolute atomic E-state index is 6.47. The van der Waals surface area contributed by atoms with Gasteiger partial charge in [-0.15, -0.1) is 0 Å². The van der Waals surface area contributed by atoms with E-state index in [1.54, 1.807) is 0 Å². The van der Waals surface area contributed by atoms with Crippen LogP contribution in [0.15, 0.2) is 146 Å². The van der Waals surface area contributed by atoms with E-state index in [2.05, 4.69) is 89.9 Å². The first kappa shape index (κ1) is 22.4. The van der Waals surface area contributed by atoms with Crippen LogP contribution in [0.2, 0.25) is 0 Å². The average molecular weight is 505 g/mol. The summed E-state index contributed by atoms with van der Waals surface area (Å²) in [6, 6.07) is 46.6. The topological polar surface area (TPSA) is 35.0 Å². The van der Waals surface area contributed by atoms with Crippen LogP contribution in [-0.2, 0) is 0 Å². The van der Waals surface area contributed by atoms with Gasteiger partial charge >= 0.3 is 0 Å². The van der Waals surface area contributed by atoms with Crippen molar-refractivity contribution in [2.24, 2.45) is 0 Å². The number of fused-ring (bicyclic) bond motifs is 3. The lowest BCUT2D eigenvalue weighted by molar-refractivity contribution is 0.483. The second kappa shape index (κ2) is 9.25. The van der Waals surface area contributed by atoms with Gasteiger partial charge in [-0.2, -0.15) is 0 Å². The largest absolute Gasteiger partial charge is 0.457 e. The normalized spacial score (nSPS) is 12.9. The van der Waals surface area contributed by atoms with E-state index in [-0.39, 0.29) is 0 Å². The summed E-state index contributed by atoms with van der Waals surface area (Å²) < 4.78 is 6.47. The number of hydrogen-bond donors (Lipinski definition) is 0. The van der Waals surface area contributed by atoms with Gasteiger partial charge in [-0.25, -0.2) is 0 Å². The molecule has 38 heavy (non-hydrogen) atoms. The van der Waals surface area contributed by atoms with E-state index in [0.717, 1.165) is 28.1 Å². The second-order valence-corrected chi connectivity index (χ2v) is 13.1. The lowest BCUT2D eigenvalue weighted by atomic mass is 10.1. The van der Waals surface area contributed by atoms with Gasteiger partial charge in [0.15, 0.2) is 0 Å². The first-order valence-corrected chi connectivity index (χ1v) is 14.7. The van der Waals surface area contributed by atoms with Crippen molar-refractivity contribution >= 4 is 29.0 Å². The Morgan fingerprint density at radius 3 is 1.82 bits per heavy atom. The van der Waals surface area contributed by atoms with Gasteiger partial charge in [-0.05, 0) is 75.2 Å². The predicted octanol–water partition coefficient (Wildman–Crippen LogP) is 5.29. The molecule has 0 saturated heterocycles. The first-order chi connectivity index (χ1) is 18.8. The van der Waals surface area contributed by atoms with Gasteiger partial charge in [-0.3, -0.25) is 9.97 Å². The fraction of sp³-hybridized carbons (Fsp3) is 0. The van der Waals surface area contributed by atoms with Crippen LogP contribution >= 0.6 is 0 Å². The van der Waals surface area contributed by atoms with E-state index < -0.39 is 8.07 Å². The molecule has 180 valence electrons. The van der Waals surface area contributed by atoms with Crippen LogP contribution in [0.25, 0.3) is 22.4 Å². The van der Waals surface area contributed by atoms with Gasteiger partial charge < -0.3 is 4.74 Å². The third-order valence-corrected chi connectivity index (χ3v) is 12.0. The molecule has 1 aliphatic heterocycles. The highest BCUT2D eigenvalue weighted by molar-refractivity contribution is 7.21. The zero-order chi connectivity index (χ0) is 25.4. The molecule has 0 atom stereocenters. The maximum atomic E-state index is 6.47. The van der Waals surface area contributed by atoms with Gasteiger partial charge in [0.2, 0.25) is 8.07 Å². The number of pyridine rings is 2. The minimum absolute atomic E-state index is 0.783. The van der Waals surface area contributed by atoms with Crippen LogP contribution in [0, 0.1) is 0 Å². The molecule has 0 spiro atoms. The van der Waals surface area contributed by atoms with Crippen molar-refractivity contribution in [2.45, 2.75) is 0 Å². The van der Waals surface area contributed by atoms with Gasteiger partial charge in [0.1, 0.15) is 11.5 Å². The lowest BCUT2D eigenvalue weighted by Gasteiger charge is -2.30. The van der Waals surface area contributed by atoms with Gasteiger partial charge in [0, 0.05) is 23.3 Å². The van der Waals surface area contributed by atoms with Crippen molar-refractivity contribution in [1.82, 2.24) is 9.97 Å². The number of ether oxygens (including phenoxy) is 1. The summed E-state index contributed by atoms with van der Waals surface area (Å²) >= 11 is 0. The zero-order valence-corrected chi connectivity index (χ0v) is 21.7. The van der Waals surface area contributed by atoms with Crippen molar-refractivity contribution in [3.8, 4) is 33.9 Å². The maximum Gasteiger partial charge on any atom is 0.203 e. The quantitative estimate of drug-likeness (QED) is 0.299. The highest BCUT2D eigenvalue weighted by Crippen LogP contribution is 2.30. The zero-order valence-electron chi connectivity index (χ0n) is 20.7. The molecular formula is C34H24N2OSi. The summed E-state index contributed by atoms with van der Waals surface area (Å²) in [4.78, 5) is 9.47. The smallest absolute Gasteiger partial charge is 0.203 e. The van der Waals surface area contributed by atoms with Crippen LogP contribution in [0.5, 0.6) is 11.5 Å². The molecule has 0 bridgehead atoms. The van der Waals surface area contributed by atoms with E-state index in [0.29, 0.717) is 0 Å². The summed E-state index contributed by atoms with van der Waals surface area (Å²) in [5.74, 6) is 1.59. The monoisotopic (exact) mass is 504 g/mol. The van der Waals surface area contributed by atoms with Crippen molar-refractivity contribution < 1.29 is 4.74 Å². The van der Waals surface area contributed by atoms with E-state index in [1.165, 1.54) is 26.7 Å². The van der Waals surface area contributed by atoms with Gasteiger partial charge in [0.25, 0.3) is 0 Å². The molecule has 4 heteroatoms. The average Bonchev–Trinajstić information content (AvgIpc) is 3.30. The molecule has 0 amide bonds. The van der Waals surface area contributed by atoms with Crippen LogP contribution in [-0.4, -0.2) is 18.0 Å². The Balaban J connectivity index is 1.38. The molecule has 0 saturated carbocycles. The molecule has 0 radical (unpaired) electrons. The molecule has 0 fully saturated rings. The highest BCUT2D eigenvalue weighted by atomic mass is 28.3. The number of rotatable bonds is 5. The lowest BCUT2D eigenvalue weighted by Crippen LogP contribution is -2.73. The van der Waals surface area contributed by atoms with Crippen molar-refractivity contribution in [1.29, 1.82) is 0 Å². The Bertz CT molecular complexity index is 1710. The van der Waals surface area contributed by atoms with E-state index in [4.69, 9.17) is 9.72 Å². The molecule has 6 aromatic rings. The van der Waals surface area contributed by atoms with E-state index in [1.807, 2.05) is 60.9 Å². The molecule has 2 aromatic heterocycles. The molecule has 3 heterocycles. The summed E-state index contributed by atoms with van der Waals surface area (Å²) in [6.45, 7) is 0. The predicted molar refractivity (Wildman–Crippen MR) is 157 cm³/mol. The van der Waals surface area contributed by atoms with Crippen LogP contribution in [0.3, 0.4) is 0 Å². The Labute approximate surface area is 223 Å². The molecule has 0 aliphatic carbocycles. The van der Waals surface area contributed by atoms with Crippen LogP contribution < -0.4 is 25.6 Å². The summed E-state index contributed by atoms with van der Waals surface area (Å²) in [7, 11) is -2.64. The molecule has 1 aliphatic rings. The molecule has 7 rings (SSSR count). The number of aromatic nitrogens is 2. The Hall–Kier alpha value is -4.80. The van der Waals surface area contributed by atoms with Crippen molar-refractivity contribution in [3.63, 3.8) is 0 Å². The fourth-order valence-corrected chi connectivity index (χ4v) is 10.8. The third kappa shape index (κ3) is 3.58. The fourth-order valence-electron chi connectivity index (χ4n) is 5.74. The molecule has 3 nitrogen and oxygen atoms in total. The Morgan fingerprint density at radius 1 is 0.500 bits per heavy atom. The SMILES string of the molecule is c1ccc(-c2cccc(Oc3cccc([Si]4(c5ccccn5)c5ccccc5-c5ccccc54)c3)c2)nc1. The molecular weight excluding hydrogens is 480 g/mol. The summed E-state index contributed by atoms with van der Waals surface area (Å²) in [5.41, 5.74) is 4.55. The Kier molecular flexibility index (Phi) is 5.45. The molecule has 0 N–H and O–H groups in total. The summed E-state index contributed by atoms with van der Waals surface area (Å²) in [6.07, 6.45) is 3.72. The minimum Gasteiger partial charge on any atom is -0.457 e. The number of benzene rings is 4. The molecule has 0 unspecified atom stereocenters. The number of nitrogens with zero attached hydrogens (tertiary/aromatic N) is 2. The summed E-state index contributed by atoms with van der Waals surface area (Å²) in [5, 5.41) is 5.13. The minimum atomic E-state index is -2.64. The van der Waals surface area contributed by atoms with Gasteiger partial charge in [-0.1, -0.05) is 84.9 Å². The van der Waals surface area contributed by atoms with Crippen LogP contribution in [0.1, 0.15) is 0 Å². The van der Waals surface area contributed by atoms with Crippen molar-refractivity contribution in [3.05, 3.63) is 146 Å². The van der Waals surface area contributed by atoms with Gasteiger partial charge in [0.05, 0.1) is 5.69 Å². The molecule has 4 aromatic carbocycles. The highest BCUT2D eigenvalue weighted by Gasteiger charge is 2.49. The standard InChI is InChI=1S/C34H24N2OSi/c1-3-18-32-29(15-1)30-16-2-4-19-33(30)38(32,34-20-6-8-22-36-34)28-14-10-13-27(24-28)37-26-12-9-11-25(23-26)31-17-5-7-21-35-31/h1-24H. The second-order valence-electron chi connectivity index (χ2n) is 9.43. The van der Waals surface area contributed by atoms with Crippen molar-refractivity contribution in [2.75, 3.05) is 0 Å². The van der Waals surface area contributed by atoms with E-state index in [9.17, 15) is 0 Å². The number of hydrogen-bond acceptors (Lipinski definition) is 3.